The molecule has 12 heteroatoms. The van der Waals surface area contributed by atoms with Crippen LogP contribution in [0.1, 0.15) is 44.2 Å². The van der Waals surface area contributed by atoms with E-state index in [1.54, 1.807) is 109 Å². The minimum Gasteiger partial charge on any atom is -0.459 e. The molecule has 0 amide bonds. The minimum atomic E-state index is -1.66. The number of fused-ring (bicyclic) bond motifs is 1. The van der Waals surface area contributed by atoms with Crippen molar-refractivity contribution >= 4 is 63.1 Å². The first-order valence-electron chi connectivity index (χ1n) is 13.8. The maximum atomic E-state index is 13.6. The fourth-order valence-electron chi connectivity index (χ4n) is 5.24. The number of carbonyl (C=O) groups excluding carboxylic acids is 3. The molecule has 0 saturated carbocycles. The van der Waals surface area contributed by atoms with Crippen molar-refractivity contribution in [3.05, 3.63) is 129 Å². The molecule has 228 valence electrons. The molecular formula is C33H25ClIN3O7. The first kappa shape index (κ1) is 30.7. The summed E-state index contributed by atoms with van der Waals surface area (Å²) in [6.07, 6.45) is -0.350. The van der Waals surface area contributed by atoms with Crippen LogP contribution < -0.4 is 0 Å². The molecule has 2 aromatic heterocycles. The zero-order valence-electron chi connectivity index (χ0n) is 23.7. The van der Waals surface area contributed by atoms with Crippen molar-refractivity contribution in [2.75, 3.05) is 6.61 Å². The lowest BCUT2D eigenvalue weighted by Crippen LogP contribution is -2.50. The highest BCUT2D eigenvalue weighted by Crippen LogP contribution is 2.46. The average molecular weight is 738 g/mol. The van der Waals surface area contributed by atoms with Crippen molar-refractivity contribution in [2.24, 2.45) is 0 Å². The van der Waals surface area contributed by atoms with Crippen molar-refractivity contribution < 1.29 is 33.3 Å². The van der Waals surface area contributed by atoms with E-state index in [4.69, 9.17) is 30.5 Å². The lowest BCUT2D eigenvalue weighted by atomic mass is 9.95. The lowest BCUT2D eigenvalue weighted by Gasteiger charge is -2.35. The second-order valence-corrected chi connectivity index (χ2v) is 11.9. The van der Waals surface area contributed by atoms with Gasteiger partial charge >= 0.3 is 17.9 Å². The molecule has 1 aliphatic heterocycles. The Bertz CT molecular complexity index is 1860. The topological polar surface area (TPSA) is 119 Å². The molecule has 1 aliphatic rings. The highest BCUT2D eigenvalue weighted by atomic mass is 127. The van der Waals surface area contributed by atoms with Gasteiger partial charge < -0.3 is 23.5 Å². The normalized spacial score (nSPS) is 20.9. The summed E-state index contributed by atoms with van der Waals surface area (Å²) in [5.74, 6) is -1.95. The maximum absolute atomic E-state index is 13.6. The van der Waals surface area contributed by atoms with E-state index in [9.17, 15) is 14.4 Å². The molecule has 0 radical (unpaired) electrons. The molecule has 2 unspecified atom stereocenters. The van der Waals surface area contributed by atoms with E-state index in [0.29, 0.717) is 20.2 Å². The van der Waals surface area contributed by atoms with Crippen molar-refractivity contribution in [1.29, 1.82) is 0 Å². The summed E-state index contributed by atoms with van der Waals surface area (Å²) in [5.41, 5.74) is -0.366. The molecule has 3 aromatic carbocycles. The van der Waals surface area contributed by atoms with Crippen LogP contribution in [0.2, 0.25) is 5.15 Å². The Morgan fingerprint density at radius 2 is 1.42 bits per heavy atom. The number of esters is 3. The second kappa shape index (κ2) is 13.0. The highest BCUT2D eigenvalue weighted by molar-refractivity contribution is 14.1. The molecule has 0 bridgehead atoms. The highest BCUT2D eigenvalue weighted by Gasteiger charge is 2.60. The van der Waals surface area contributed by atoms with Crippen LogP contribution in [0.4, 0.5) is 0 Å². The van der Waals surface area contributed by atoms with E-state index in [0.717, 1.165) is 0 Å². The van der Waals surface area contributed by atoms with Gasteiger partial charge in [0.05, 0.1) is 22.1 Å². The first-order chi connectivity index (χ1) is 21.8. The summed E-state index contributed by atoms with van der Waals surface area (Å²) >= 11 is 8.54. The first-order valence-corrected chi connectivity index (χ1v) is 15.3. The standard InChI is InChI=1S/C33H25ClIN3O7/c1-33(45-31(41)22-15-9-4-10-16-22)26(44-30(40)21-13-7-3-8-14-21)24(18-42-29(39)20-11-5-2-6-12-20)43-32(33)38-17-23(35)25-27(34)36-19-37-28(25)38/h2-17,19,24,26,32H,18H2,1H3/t24?,26-,32-,33?/m0/s1. The van der Waals surface area contributed by atoms with E-state index in [2.05, 4.69) is 32.6 Å². The number of hydrogen-bond acceptors (Lipinski definition) is 9. The molecule has 5 aromatic rings. The van der Waals surface area contributed by atoms with Gasteiger partial charge in [-0.1, -0.05) is 66.2 Å². The van der Waals surface area contributed by atoms with Crippen molar-refractivity contribution in [3.63, 3.8) is 0 Å². The van der Waals surface area contributed by atoms with E-state index >= 15 is 0 Å². The number of ether oxygens (including phenoxy) is 4. The van der Waals surface area contributed by atoms with Crippen LogP contribution in [0.5, 0.6) is 0 Å². The monoisotopic (exact) mass is 737 g/mol. The Labute approximate surface area is 276 Å². The van der Waals surface area contributed by atoms with Crippen LogP contribution in [0.3, 0.4) is 0 Å². The summed E-state index contributed by atoms with van der Waals surface area (Å²) < 4.78 is 26.9. The Morgan fingerprint density at radius 1 is 0.867 bits per heavy atom. The summed E-state index contributed by atoms with van der Waals surface area (Å²) in [4.78, 5) is 48.5. The lowest BCUT2D eigenvalue weighted by molar-refractivity contribution is -0.108. The van der Waals surface area contributed by atoms with Crippen LogP contribution in [-0.2, 0) is 18.9 Å². The third kappa shape index (κ3) is 6.15. The van der Waals surface area contributed by atoms with Crippen LogP contribution in [0, 0.1) is 3.57 Å². The average Bonchev–Trinajstić information content (AvgIpc) is 3.54. The molecular weight excluding hydrogens is 713 g/mol. The van der Waals surface area contributed by atoms with Gasteiger partial charge in [0.15, 0.2) is 17.9 Å². The smallest absolute Gasteiger partial charge is 0.338 e. The largest absolute Gasteiger partial charge is 0.459 e. The number of rotatable bonds is 8. The molecule has 45 heavy (non-hydrogen) atoms. The number of hydrogen-bond donors (Lipinski definition) is 0. The van der Waals surface area contributed by atoms with Crippen LogP contribution in [0.25, 0.3) is 11.0 Å². The fraction of sp³-hybridized carbons (Fsp3) is 0.182. The van der Waals surface area contributed by atoms with E-state index in [1.165, 1.54) is 6.33 Å². The van der Waals surface area contributed by atoms with Gasteiger partial charge in [-0.3, -0.25) is 0 Å². The zero-order valence-corrected chi connectivity index (χ0v) is 26.6. The van der Waals surface area contributed by atoms with Gasteiger partial charge in [-0.15, -0.1) is 0 Å². The number of aromatic nitrogens is 3. The van der Waals surface area contributed by atoms with Crippen molar-refractivity contribution in [1.82, 2.24) is 14.5 Å². The molecule has 0 aliphatic carbocycles. The van der Waals surface area contributed by atoms with Gasteiger partial charge in [-0.2, -0.15) is 0 Å². The summed E-state index contributed by atoms with van der Waals surface area (Å²) in [6.45, 7) is 1.30. The van der Waals surface area contributed by atoms with Gasteiger partial charge in [-0.05, 0) is 65.9 Å². The number of carbonyl (C=O) groups is 3. The Morgan fingerprint density at radius 3 is 2.02 bits per heavy atom. The molecule has 1 saturated heterocycles. The molecule has 0 N–H and O–H groups in total. The van der Waals surface area contributed by atoms with Crippen molar-refractivity contribution in [3.8, 4) is 0 Å². The number of halogens is 2. The molecule has 10 nitrogen and oxygen atoms in total. The van der Waals surface area contributed by atoms with Gasteiger partial charge in [0.2, 0.25) is 0 Å². The third-order valence-corrected chi connectivity index (χ3v) is 8.52. The summed E-state index contributed by atoms with van der Waals surface area (Å²) in [6, 6.07) is 25.3. The SMILES string of the molecule is CC1(OC(=O)c2ccccc2)[C@@H](n2cc(I)c3c(Cl)ncnc32)OC(COC(=O)c2ccccc2)[C@@H]1OC(=O)c1ccccc1. The van der Waals surface area contributed by atoms with Gasteiger partial charge in [-0.25, -0.2) is 24.4 Å². The second-order valence-electron chi connectivity index (χ2n) is 10.4. The maximum Gasteiger partial charge on any atom is 0.338 e. The molecule has 1 fully saturated rings. The number of benzene rings is 3. The Balaban J connectivity index is 1.43. The van der Waals surface area contributed by atoms with Crippen LogP contribution in [0.15, 0.2) is 104 Å². The predicted molar refractivity (Wildman–Crippen MR) is 172 cm³/mol. The van der Waals surface area contributed by atoms with Gasteiger partial charge in [0.25, 0.3) is 0 Å². The Hall–Kier alpha value is -4.33. The van der Waals surface area contributed by atoms with E-state index in [-0.39, 0.29) is 22.9 Å². The van der Waals surface area contributed by atoms with Crippen LogP contribution in [-0.4, -0.2) is 56.9 Å². The predicted octanol–water partition coefficient (Wildman–Crippen LogP) is 6.29. The molecule has 0 spiro atoms. The van der Waals surface area contributed by atoms with Gasteiger partial charge in [0.1, 0.15) is 29.8 Å². The quantitative estimate of drug-likeness (QED) is 0.0785. The molecule has 4 atom stereocenters. The van der Waals surface area contributed by atoms with E-state index < -0.39 is 41.9 Å². The fourth-order valence-corrected chi connectivity index (χ4v) is 6.43. The minimum absolute atomic E-state index is 0.226. The Kier molecular flexibility index (Phi) is 8.83. The number of nitrogens with zero attached hydrogens (tertiary/aromatic N) is 3. The molecule has 3 heterocycles. The summed E-state index contributed by atoms with van der Waals surface area (Å²) in [5, 5.41) is 0.793. The zero-order chi connectivity index (χ0) is 31.6. The third-order valence-electron chi connectivity index (χ3n) is 7.42. The molecule has 6 rings (SSSR count). The van der Waals surface area contributed by atoms with Gasteiger partial charge in [0, 0.05) is 9.77 Å². The van der Waals surface area contributed by atoms with Crippen molar-refractivity contribution in [2.45, 2.75) is 31.0 Å². The van der Waals surface area contributed by atoms with E-state index in [1.807, 2.05) is 0 Å². The van der Waals surface area contributed by atoms with Crippen LogP contribution >= 0.6 is 34.2 Å². The summed E-state index contributed by atoms with van der Waals surface area (Å²) in [7, 11) is 0.